The summed E-state index contributed by atoms with van der Waals surface area (Å²) in [5.41, 5.74) is 0. The van der Waals surface area contributed by atoms with Crippen molar-refractivity contribution in [2.45, 2.75) is 38.4 Å². The van der Waals surface area contributed by atoms with Crippen LogP contribution in [0.5, 0.6) is 0 Å². The smallest absolute Gasteiger partial charge is 0.00784 e. The van der Waals surface area contributed by atoms with Crippen LogP contribution in [-0.2, 0) is 0 Å². The molecule has 64 valence electrons. The van der Waals surface area contributed by atoms with E-state index in [2.05, 4.69) is 25.6 Å². The van der Waals surface area contributed by atoms with Crippen LogP contribution in [0.2, 0.25) is 0 Å². The number of hydrogen-bond acceptors (Lipinski definition) is 1. The summed E-state index contributed by atoms with van der Waals surface area (Å²) in [6.45, 7) is 4.79. The van der Waals surface area contributed by atoms with Gasteiger partial charge in [-0.25, -0.2) is 0 Å². The third kappa shape index (κ3) is 1.32. The summed E-state index contributed by atoms with van der Waals surface area (Å²) >= 11 is 2.25. The van der Waals surface area contributed by atoms with Crippen molar-refractivity contribution in [1.29, 1.82) is 0 Å². The van der Waals surface area contributed by atoms with E-state index >= 15 is 0 Å². The quantitative estimate of drug-likeness (QED) is 0.582. The average Bonchev–Trinajstić information content (AvgIpc) is 2.41. The fraction of sp³-hybridized carbons (Fsp3) is 1.00. The molecule has 1 heteroatoms. The lowest BCUT2D eigenvalue weighted by molar-refractivity contribution is 0.309. The van der Waals surface area contributed by atoms with Gasteiger partial charge in [-0.2, -0.15) is 11.8 Å². The van der Waals surface area contributed by atoms with Crippen molar-refractivity contribution < 1.29 is 0 Å². The molecular weight excluding hydrogens is 152 g/mol. The van der Waals surface area contributed by atoms with Crippen LogP contribution in [0.3, 0.4) is 0 Å². The maximum absolute atomic E-state index is 2.39. The fourth-order valence-corrected chi connectivity index (χ4v) is 4.72. The molecule has 0 nitrogen and oxygen atoms in total. The van der Waals surface area contributed by atoms with E-state index in [4.69, 9.17) is 0 Å². The number of fused-ring (bicyclic) bond motifs is 1. The summed E-state index contributed by atoms with van der Waals surface area (Å²) in [5.74, 6) is 4.52. The Balaban J connectivity index is 2.03. The van der Waals surface area contributed by atoms with Gasteiger partial charge in [0.15, 0.2) is 0 Å². The van der Waals surface area contributed by atoms with Gasteiger partial charge in [0.1, 0.15) is 0 Å². The Morgan fingerprint density at radius 2 is 2.09 bits per heavy atom. The van der Waals surface area contributed by atoms with E-state index in [1.165, 1.54) is 25.0 Å². The molecule has 3 unspecified atom stereocenters. The minimum atomic E-state index is 0.926. The molecule has 11 heavy (non-hydrogen) atoms. The maximum Gasteiger partial charge on any atom is 0.00784 e. The van der Waals surface area contributed by atoms with Crippen molar-refractivity contribution in [3.05, 3.63) is 0 Å². The van der Waals surface area contributed by atoms with Gasteiger partial charge in [0.05, 0.1) is 0 Å². The number of rotatable bonds is 1. The van der Waals surface area contributed by atoms with Crippen LogP contribution in [0.15, 0.2) is 0 Å². The van der Waals surface area contributed by atoms with Gasteiger partial charge in [0.25, 0.3) is 0 Å². The summed E-state index contributed by atoms with van der Waals surface area (Å²) in [7, 11) is 0. The van der Waals surface area contributed by atoms with Crippen molar-refractivity contribution in [1.82, 2.24) is 0 Å². The topological polar surface area (TPSA) is 0 Å². The zero-order valence-corrected chi connectivity index (χ0v) is 8.36. The second-order valence-corrected chi connectivity index (χ2v) is 5.65. The maximum atomic E-state index is 2.39. The van der Waals surface area contributed by atoms with E-state index in [1.54, 1.807) is 0 Å². The minimum absolute atomic E-state index is 0.926. The molecule has 1 aliphatic carbocycles. The zero-order chi connectivity index (χ0) is 7.84. The average molecular weight is 170 g/mol. The standard InChI is InChI=1S/C10H18S/c1-7(2)9-6-11-10-5-3-4-8(9)10/h7-10H,3-6H2,1-2H3. The van der Waals surface area contributed by atoms with Gasteiger partial charge < -0.3 is 0 Å². The third-order valence-corrected chi connectivity index (χ3v) is 5.00. The first-order valence-electron chi connectivity index (χ1n) is 4.90. The first kappa shape index (κ1) is 7.97. The molecule has 1 heterocycles. The van der Waals surface area contributed by atoms with Gasteiger partial charge in [0.2, 0.25) is 0 Å². The molecule has 1 saturated carbocycles. The van der Waals surface area contributed by atoms with Crippen molar-refractivity contribution in [3.8, 4) is 0 Å². The van der Waals surface area contributed by atoms with Gasteiger partial charge >= 0.3 is 0 Å². The van der Waals surface area contributed by atoms with Crippen molar-refractivity contribution in [2.24, 2.45) is 17.8 Å². The Morgan fingerprint density at radius 3 is 2.82 bits per heavy atom. The second-order valence-electron chi connectivity index (χ2n) is 4.37. The molecule has 2 fully saturated rings. The van der Waals surface area contributed by atoms with Gasteiger partial charge in [-0.15, -0.1) is 0 Å². The Labute approximate surface area is 74.1 Å². The van der Waals surface area contributed by atoms with E-state index in [-0.39, 0.29) is 0 Å². The highest BCUT2D eigenvalue weighted by Gasteiger charge is 2.40. The Bertz CT molecular complexity index is 142. The van der Waals surface area contributed by atoms with Crippen LogP contribution >= 0.6 is 11.8 Å². The molecule has 0 aromatic heterocycles. The SMILES string of the molecule is CC(C)C1CSC2CCCC21. The number of hydrogen-bond donors (Lipinski definition) is 0. The predicted molar refractivity (Wildman–Crippen MR) is 51.9 cm³/mol. The lowest BCUT2D eigenvalue weighted by atomic mass is 9.84. The monoisotopic (exact) mass is 170 g/mol. The first-order valence-corrected chi connectivity index (χ1v) is 5.95. The molecule has 1 aliphatic heterocycles. The largest absolute Gasteiger partial charge is 0.158 e. The molecule has 0 spiro atoms. The highest BCUT2D eigenvalue weighted by molar-refractivity contribution is 8.00. The lowest BCUT2D eigenvalue weighted by Crippen LogP contribution is -2.18. The van der Waals surface area contributed by atoms with E-state index in [0.29, 0.717) is 0 Å². The Hall–Kier alpha value is 0.350. The van der Waals surface area contributed by atoms with Crippen LogP contribution in [0.25, 0.3) is 0 Å². The molecule has 3 atom stereocenters. The summed E-state index contributed by atoms with van der Waals surface area (Å²) < 4.78 is 0. The van der Waals surface area contributed by atoms with Crippen LogP contribution < -0.4 is 0 Å². The first-order chi connectivity index (χ1) is 5.29. The van der Waals surface area contributed by atoms with Crippen molar-refractivity contribution in [2.75, 3.05) is 5.75 Å². The molecule has 0 aromatic rings. The summed E-state index contributed by atoms with van der Waals surface area (Å²) in [6.07, 6.45) is 4.55. The van der Waals surface area contributed by atoms with Gasteiger partial charge in [-0.05, 0) is 36.3 Å². The molecule has 0 aromatic carbocycles. The van der Waals surface area contributed by atoms with E-state index < -0.39 is 0 Å². The highest BCUT2D eigenvalue weighted by atomic mass is 32.2. The molecule has 0 N–H and O–H groups in total. The Morgan fingerprint density at radius 1 is 1.27 bits per heavy atom. The highest BCUT2D eigenvalue weighted by Crippen LogP contribution is 2.49. The second kappa shape index (κ2) is 3.01. The molecule has 0 radical (unpaired) electrons. The van der Waals surface area contributed by atoms with Crippen LogP contribution in [-0.4, -0.2) is 11.0 Å². The predicted octanol–water partition coefficient (Wildman–Crippen LogP) is 3.17. The molecule has 0 bridgehead atoms. The Kier molecular flexibility index (Phi) is 2.18. The summed E-state index contributed by atoms with van der Waals surface area (Å²) in [5, 5.41) is 1.06. The molecular formula is C10H18S. The summed E-state index contributed by atoms with van der Waals surface area (Å²) in [6, 6.07) is 0. The molecule has 2 aliphatic rings. The van der Waals surface area contributed by atoms with E-state index in [1.807, 2.05) is 0 Å². The van der Waals surface area contributed by atoms with Gasteiger partial charge in [-0.3, -0.25) is 0 Å². The number of thioether (sulfide) groups is 1. The third-order valence-electron chi connectivity index (χ3n) is 3.41. The van der Waals surface area contributed by atoms with Crippen LogP contribution in [0.1, 0.15) is 33.1 Å². The normalized spacial score (nSPS) is 43.4. The van der Waals surface area contributed by atoms with Crippen LogP contribution in [0, 0.1) is 17.8 Å². The summed E-state index contributed by atoms with van der Waals surface area (Å²) in [4.78, 5) is 0. The fourth-order valence-electron chi connectivity index (χ4n) is 2.70. The van der Waals surface area contributed by atoms with Gasteiger partial charge in [-0.1, -0.05) is 20.3 Å². The van der Waals surface area contributed by atoms with Gasteiger partial charge in [0, 0.05) is 5.25 Å². The molecule has 0 amide bonds. The lowest BCUT2D eigenvalue weighted by Gasteiger charge is -2.20. The van der Waals surface area contributed by atoms with Crippen molar-refractivity contribution in [3.63, 3.8) is 0 Å². The van der Waals surface area contributed by atoms with E-state index in [9.17, 15) is 0 Å². The van der Waals surface area contributed by atoms with Crippen molar-refractivity contribution >= 4 is 11.8 Å². The minimum Gasteiger partial charge on any atom is -0.158 e. The molecule has 1 saturated heterocycles. The van der Waals surface area contributed by atoms with Crippen LogP contribution in [0.4, 0.5) is 0 Å². The molecule has 2 rings (SSSR count). The van der Waals surface area contributed by atoms with E-state index in [0.717, 1.165) is 23.0 Å². The zero-order valence-electron chi connectivity index (χ0n) is 7.55.